The van der Waals surface area contributed by atoms with Crippen LogP contribution in [-0.2, 0) is 7.05 Å². The number of amides is 1. The van der Waals surface area contributed by atoms with E-state index in [2.05, 4.69) is 25.6 Å². The summed E-state index contributed by atoms with van der Waals surface area (Å²) in [5, 5.41) is 6.92. The van der Waals surface area contributed by atoms with Gasteiger partial charge in [0, 0.05) is 42.6 Å². The molecule has 0 unspecified atom stereocenters. The lowest BCUT2D eigenvalue weighted by atomic mass is 10.1. The normalized spacial score (nSPS) is 12.1. The average molecular weight is 405 g/mol. The van der Waals surface area contributed by atoms with E-state index in [1.165, 1.54) is 7.11 Å². The van der Waals surface area contributed by atoms with Gasteiger partial charge < -0.3 is 25.7 Å². The van der Waals surface area contributed by atoms with Gasteiger partial charge in [0.05, 0.1) is 35.6 Å². The van der Waals surface area contributed by atoms with E-state index in [1.807, 2.05) is 42.8 Å². The third kappa shape index (κ3) is 3.74. The van der Waals surface area contributed by atoms with Crippen LogP contribution in [0.3, 0.4) is 0 Å². The minimum atomic E-state index is -0.283. The Bertz CT molecular complexity index is 1230. The van der Waals surface area contributed by atoms with Crippen molar-refractivity contribution in [1.29, 1.82) is 0 Å². The number of anilines is 2. The fraction of sp³-hybridized carbons (Fsp3) is 0.238. The van der Waals surface area contributed by atoms with Gasteiger partial charge in [0.25, 0.3) is 5.91 Å². The first-order valence-electron chi connectivity index (χ1n) is 9.52. The lowest BCUT2D eigenvalue weighted by Gasteiger charge is -2.14. The van der Waals surface area contributed by atoms with Crippen molar-refractivity contribution in [2.75, 3.05) is 24.3 Å². The number of ether oxygens (including phenoxy) is 1. The predicted molar refractivity (Wildman–Crippen MR) is 117 cm³/mol. The average Bonchev–Trinajstić information content (AvgIpc) is 3.11. The largest absolute Gasteiger partial charge is 0.467 e. The molecule has 2 aromatic heterocycles. The number of hydrogen-bond acceptors (Lipinski definition) is 7. The van der Waals surface area contributed by atoms with Crippen LogP contribution in [0.1, 0.15) is 17.3 Å². The molecule has 4 N–H and O–H groups in total. The van der Waals surface area contributed by atoms with Crippen molar-refractivity contribution in [2.45, 2.75) is 13.0 Å². The number of aromatic nitrogens is 4. The zero-order valence-corrected chi connectivity index (χ0v) is 17.0. The molecule has 1 amide bonds. The molecule has 2 aromatic carbocycles. The summed E-state index contributed by atoms with van der Waals surface area (Å²) >= 11 is 0. The van der Waals surface area contributed by atoms with Gasteiger partial charge in [-0.3, -0.25) is 4.79 Å². The van der Waals surface area contributed by atoms with E-state index in [0.29, 0.717) is 28.7 Å². The van der Waals surface area contributed by atoms with Crippen LogP contribution in [0.2, 0.25) is 0 Å². The summed E-state index contributed by atoms with van der Waals surface area (Å²) in [7, 11) is 3.41. The second kappa shape index (κ2) is 7.96. The van der Waals surface area contributed by atoms with Crippen LogP contribution in [-0.4, -0.2) is 45.1 Å². The maximum Gasteiger partial charge on any atom is 0.316 e. The third-order valence-corrected chi connectivity index (χ3v) is 4.75. The molecule has 9 heteroatoms. The summed E-state index contributed by atoms with van der Waals surface area (Å²) in [4.78, 5) is 26.0. The second-order valence-corrected chi connectivity index (χ2v) is 7.15. The molecule has 0 radical (unpaired) electrons. The topological polar surface area (TPSA) is 120 Å². The molecule has 154 valence electrons. The highest BCUT2D eigenvalue weighted by Gasteiger charge is 2.16. The smallest absolute Gasteiger partial charge is 0.316 e. The fourth-order valence-electron chi connectivity index (χ4n) is 3.22. The number of benzene rings is 2. The molecule has 4 rings (SSSR count). The SMILES string of the molecule is COc1ncc2c(NC[C@@H](C)N)ccc(C(=O)Nc3ccc4c(c3)ncn4C)c2n1. The van der Waals surface area contributed by atoms with Gasteiger partial charge >= 0.3 is 6.01 Å². The molecule has 0 spiro atoms. The van der Waals surface area contributed by atoms with Gasteiger partial charge in [-0.1, -0.05) is 0 Å². The van der Waals surface area contributed by atoms with Crippen molar-refractivity contribution in [3.63, 3.8) is 0 Å². The highest BCUT2D eigenvalue weighted by atomic mass is 16.5. The number of methoxy groups -OCH3 is 1. The monoisotopic (exact) mass is 405 g/mol. The van der Waals surface area contributed by atoms with Gasteiger partial charge in [-0.25, -0.2) is 9.97 Å². The summed E-state index contributed by atoms with van der Waals surface area (Å²) in [6, 6.07) is 9.33. The Morgan fingerprint density at radius 1 is 1.27 bits per heavy atom. The number of rotatable bonds is 6. The Kier molecular flexibility index (Phi) is 5.20. The minimum absolute atomic E-state index is 0.0243. The Hall–Kier alpha value is -3.72. The van der Waals surface area contributed by atoms with Crippen molar-refractivity contribution in [1.82, 2.24) is 19.5 Å². The Morgan fingerprint density at radius 3 is 2.87 bits per heavy atom. The number of imidazole rings is 1. The molecule has 9 nitrogen and oxygen atoms in total. The molecule has 30 heavy (non-hydrogen) atoms. The first-order chi connectivity index (χ1) is 14.5. The molecule has 0 aliphatic heterocycles. The summed E-state index contributed by atoms with van der Waals surface area (Å²) in [6.07, 6.45) is 3.38. The molecule has 0 bridgehead atoms. The molecular formula is C21H23N7O2. The van der Waals surface area contributed by atoms with Crippen molar-refractivity contribution in [2.24, 2.45) is 12.8 Å². The number of fused-ring (bicyclic) bond motifs is 2. The summed E-state index contributed by atoms with van der Waals surface area (Å²) < 4.78 is 7.08. The molecular weight excluding hydrogens is 382 g/mol. The van der Waals surface area contributed by atoms with E-state index in [9.17, 15) is 4.79 Å². The van der Waals surface area contributed by atoms with Crippen molar-refractivity contribution < 1.29 is 9.53 Å². The number of carbonyl (C=O) groups excluding carboxylic acids is 1. The molecule has 2 heterocycles. The summed E-state index contributed by atoms with van der Waals surface area (Å²) in [5.41, 5.74) is 10.0. The second-order valence-electron chi connectivity index (χ2n) is 7.15. The molecule has 0 saturated carbocycles. The molecule has 0 fully saturated rings. The summed E-state index contributed by atoms with van der Waals surface area (Å²) in [5.74, 6) is -0.283. The van der Waals surface area contributed by atoms with Crippen molar-refractivity contribution >= 4 is 39.2 Å². The van der Waals surface area contributed by atoms with Gasteiger partial charge in [-0.15, -0.1) is 0 Å². The van der Waals surface area contributed by atoms with Gasteiger partial charge in [0.1, 0.15) is 0 Å². The standard InChI is InChI=1S/C21H23N7O2/c1-12(22)9-23-16-6-5-14(19-15(16)10-24-21(27-19)30-3)20(29)26-13-4-7-18-17(8-13)25-11-28(18)2/h4-8,10-12,23H,9,22H2,1-3H3,(H,26,29)/t12-/m1/s1. The maximum absolute atomic E-state index is 13.1. The quantitative estimate of drug-likeness (QED) is 0.451. The number of nitrogens with one attached hydrogen (secondary N) is 2. The van der Waals surface area contributed by atoms with Crippen molar-refractivity contribution in [3.8, 4) is 6.01 Å². The predicted octanol–water partition coefficient (Wildman–Crippen LogP) is 2.54. The van der Waals surface area contributed by atoms with Crippen LogP contribution in [0.4, 0.5) is 11.4 Å². The Balaban J connectivity index is 1.70. The zero-order valence-electron chi connectivity index (χ0n) is 17.0. The highest BCUT2D eigenvalue weighted by Crippen LogP contribution is 2.27. The zero-order chi connectivity index (χ0) is 21.3. The number of aryl methyl sites for hydroxylation is 1. The van der Waals surface area contributed by atoms with Gasteiger partial charge in [-0.05, 0) is 37.3 Å². The van der Waals surface area contributed by atoms with E-state index < -0.39 is 0 Å². The van der Waals surface area contributed by atoms with Crippen LogP contribution in [0.5, 0.6) is 6.01 Å². The van der Waals surface area contributed by atoms with Gasteiger partial charge in [-0.2, -0.15) is 4.98 Å². The lowest BCUT2D eigenvalue weighted by molar-refractivity contribution is 0.102. The van der Waals surface area contributed by atoms with Crippen LogP contribution in [0, 0.1) is 0 Å². The minimum Gasteiger partial charge on any atom is -0.467 e. The molecule has 4 aromatic rings. The molecule has 0 saturated heterocycles. The van der Waals surface area contributed by atoms with Crippen LogP contribution >= 0.6 is 0 Å². The van der Waals surface area contributed by atoms with E-state index in [1.54, 1.807) is 18.6 Å². The third-order valence-electron chi connectivity index (χ3n) is 4.75. The van der Waals surface area contributed by atoms with Crippen LogP contribution in [0.25, 0.3) is 21.9 Å². The number of nitrogens with two attached hydrogens (primary N) is 1. The summed E-state index contributed by atoms with van der Waals surface area (Å²) in [6.45, 7) is 2.49. The van der Waals surface area contributed by atoms with E-state index in [0.717, 1.165) is 16.7 Å². The maximum atomic E-state index is 13.1. The van der Waals surface area contributed by atoms with Crippen LogP contribution in [0.15, 0.2) is 42.9 Å². The Morgan fingerprint density at radius 2 is 2.10 bits per heavy atom. The van der Waals surface area contributed by atoms with Crippen molar-refractivity contribution in [3.05, 3.63) is 48.4 Å². The van der Waals surface area contributed by atoms with E-state index >= 15 is 0 Å². The van der Waals surface area contributed by atoms with E-state index in [-0.39, 0.29) is 18.0 Å². The molecule has 0 aliphatic rings. The first-order valence-corrected chi connectivity index (χ1v) is 9.52. The Labute approximate surface area is 173 Å². The van der Waals surface area contributed by atoms with Crippen LogP contribution < -0.4 is 21.1 Å². The lowest BCUT2D eigenvalue weighted by Crippen LogP contribution is -2.25. The first kappa shape index (κ1) is 19.6. The number of hydrogen-bond donors (Lipinski definition) is 3. The molecule has 1 atom stereocenters. The van der Waals surface area contributed by atoms with E-state index in [4.69, 9.17) is 10.5 Å². The highest BCUT2D eigenvalue weighted by molar-refractivity contribution is 6.14. The molecule has 0 aliphatic carbocycles. The number of nitrogens with zero attached hydrogens (tertiary/aromatic N) is 4. The fourth-order valence-corrected chi connectivity index (χ4v) is 3.22. The van der Waals surface area contributed by atoms with Gasteiger partial charge in [0.2, 0.25) is 0 Å². The van der Waals surface area contributed by atoms with Gasteiger partial charge in [0.15, 0.2) is 0 Å². The number of carbonyl (C=O) groups is 1.